The molecular formula is C10H12ClNO4S. The molecule has 1 aromatic carbocycles. The number of amides is 1. The molecule has 0 aliphatic rings. The van der Waals surface area contributed by atoms with Crippen molar-refractivity contribution in [2.45, 2.75) is 11.8 Å². The van der Waals surface area contributed by atoms with Crippen LogP contribution < -0.4 is 5.32 Å². The lowest BCUT2D eigenvalue weighted by Gasteiger charge is -2.08. The molecule has 94 valence electrons. The molecule has 0 fully saturated rings. The van der Waals surface area contributed by atoms with E-state index in [0.717, 1.165) is 6.26 Å². The quantitative estimate of drug-likeness (QED) is 0.920. The fourth-order valence-corrected chi connectivity index (χ4v) is 1.92. The van der Waals surface area contributed by atoms with E-state index in [2.05, 4.69) is 10.1 Å². The summed E-state index contributed by atoms with van der Waals surface area (Å²) in [7, 11) is -3.34. The van der Waals surface area contributed by atoms with E-state index < -0.39 is 15.9 Å². The lowest BCUT2D eigenvalue weighted by atomic mass is 10.3. The summed E-state index contributed by atoms with van der Waals surface area (Å²) in [6.45, 7) is 1.88. The lowest BCUT2D eigenvalue weighted by Crippen LogP contribution is -2.14. The second-order valence-electron chi connectivity index (χ2n) is 3.26. The second-order valence-corrected chi connectivity index (χ2v) is 5.68. The van der Waals surface area contributed by atoms with Crippen molar-refractivity contribution in [1.82, 2.24) is 0 Å². The number of benzene rings is 1. The number of anilines is 1. The van der Waals surface area contributed by atoms with Crippen LogP contribution in [0.1, 0.15) is 6.92 Å². The zero-order valence-electron chi connectivity index (χ0n) is 9.36. The Bertz CT molecular complexity index is 527. The average molecular weight is 278 g/mol. The summed E-state index contributed by atoms with van der Waals surface area (Å²) in [6.07, 6.45) is 0.393. The summed E-state index contributed by atoms with van der Waals surface area (Å²) in [5, 5.41) is 2.61. The molecule has 0 bridgehead atoms. The third kappa shape index (κ3) is 3.90. The summed E-state index contributed by atoms with van der Waals surface area (Å²) < 4.78 is 27.3. The molecule has 0 unspecified atom stereocenters. The number of carbonyl (C=O) groups is 1. The van der Waals surface area contributed by atoms with E-state index >= 15 is 0 Å². The summed E-state index contributed by atoms with van der Waals surface area (Å²) >= 11 is 5.83. The molecule has 0 spiro atoms. The van der Waals surface area contributed by atoms with Crippen LogP contribution in [0.5, 0.6) is 0 Å². The van der Waals surface area contributed by atoms with Crippen LogP contribution >= 0.6 is 11.6 Å². The van der Waals surface area contributed by atoms with Crippen LogP contribution in [-0.2, 0) is 14.6 Å². The third-order valence-corrected chi connectivity index (χ3v) is 3.32. The number of hydrogen-bond donors (Lipinski definition) is 1. The van der Waals surface area contributed by atoms with Gasteiger partial charge in [0, 0.05) is 6.26 Å². The second kappa shape index (κ2) is 5.37. The van der Waals surface area contributed by atoms with E-state index in [4.69, 9.17) is 11.6 Å². The van der Waals surface area contributed by atoms with Crippen LogP contribution in [0.15, 0.2) is 23.1 Å². The molecule has 0 aromatic heterocycles. The van der Waals surface area contributed by atoms with Gasteiger partial charge >= 0.3 is 6.09 Å². The van der Waals surface area contributed by atoms with E-state index in [-0.39, 0.29) is 22.2 Å². The molecule has 0 aliphatic carbocycles. The maximum Gasteiger partial charge on any atom is 0.411 e. The average Bonchev–Trinajstić information content (AvgIpc) is 2.20. The molecule has 1 N–H and O–H groups in total. The number of carbonyl (C=O) groups excluding carboxylic acids is 1. The Labute approximate surface area is 105 Å². The van der Waals surface area contributed by atoms with Crippen molar-refractivity contribution in [1.29, 1.82) is 0 Å². The van der Waals surface area contributed by atoms with Crippen LogP contribution in [0.25, 0.3) is 0 Å². The predicted octanol–water partition coefficient (Wildman–Crippen LogP) is 2.31. The fraction of sp³-hybridized carbons (Fsp3) is 0.300. The van der Waals surface area contributed by atoms with E-state index in [1.807, 2.05) is 0 Å². The highest BCUT2D eigenvalue weighted by atomic mass is 35.5. The van der Waals surface area contributed by atoms with Gasteiger partial charge in [0.1, 0.15) is 0 Å². The van der Waals surface area contributed by atoms with Gasteiger partial charge in [-0.2, -0.15) is 0 Å². The molecule has 5 nitrogen and oxygen atoms in total. The van der Waals surface area contributed by atoms with Crippen molar-refractivity contribution in [3.8, 4) is 0 Å². The molecule has 1 amide bonds. The number of sulfone groups is 1. The molecule has 0 radical (unpaired) electrons. The standard InChI is InChI=1S/C10H12ClNO4S/c1-3-16-10(13)12-9-6-7(17(2,14)15)4-5-8(9)11/h4-6H,3H2,1-2H3,(H,12,13). The Morgan fingerprint density at radius 3 is 2.65 bits per heavy atom. The van der Waals surface area contributed by atoms with Gasteiger partial charge in [0.15, 0.2) is 9.84 Å². The zero-order valence-corrected chi connectivity index (χ0v) is 10.9. The number of nitrogens with one attached hydrogen (secondary N) is 1. The monoisotopic (exact) mass is 277 g/mol. The first-order valence-electron chi connectivity index (χ1n) is 4.78. The van der Waals surface area contributed by atoms with Crippen LogP contribution in [-0.4, -0.2) is 27.4 Å². The third-order valence-electron chi connectivity index (χ3n) is 1.88. The van der Waals surface area contributed by atoms with Gasteiger partial charge in [0.25, 0.3) is 0 Å². The number of halogens is 1. The van der Waals surface area contributed by atoms with Crippen LogP contribution in [0.2, 0.25) is 5.02 Å². The number of ether oxygens (including phenoxy) is 1. The summed E-state index contributed by atoms with van der Waals surface area (Å²) in [6, 6.07) is 4.06. The minimum Gasteiger partial charge on any atom is -0.450 e. The molecule has 7 heteroatoms. The minimum atomic E-state index is -3.34. The maximum absolute atomic E-state index is 11.3. The smallest absolute Gasteiger partial charge is 0.411 e. The van der Waals surface area contributed by atoms with Gasteiger partial charge < -0.3 is 4.74 Å². The molecule has 0 saturated heterocycles. The first-order valence-corrected chi connectivity index (χ1v) is 7.05. The van der Waals surface area contributed by atoms with Crippen LogP contribution in [0.4, 0.5) is 10.5 Å². The Hall–Kier alpha value is -1.27. The van der Waals surface area contributed by atoms with Gasteiger partial charge in [-0.25, -0.2) is 13.2 Å². The summed E-state index contributed by atoms with van der Waals surface area (Å²) in [4.78, 5) is 11.3. The molecule has 1 rings (SSSR count). The van der Waals surface area contributed by atoms with Crippen molar-refractivity contribution in [3.63, 3.8) is 0 Å². The summed E-state index contributed by atoms with van der Waals surface area (Å²) in [5.74, 6) is 0. The van der Waals surface area contributed by atoms with E-state index in [1.165, 1.54) is 18.2 Å². The largest absolute Gasteiger partial charge is 0.450 e. The molecular weight excluding hydrogens is 266 g/mol. The topological polar surface area (TPSA) is 72.5 Å². The van der Waals surface area contributed by atoms with Crippen molar-refractivity contribution in [3.05, 3.63) is 23.2 Å². The highest BCUT2D eigenvalue weighted by Crippen LogP contribution is 2.25. The van der Waals surface area contributed by atoms with Gasteiger partial charge in [-0.3, -0.25) is 5.32 Å². The Morgan fingerprint density at radius 2 is 2.12 bits per heavy atom. The SMILES string of the molecule is CCOC(=O)Nc1cc(S(C)(=O)=O)ccc1Cl. The first kappa shape index (κ1) is 13.8. The molecule has 17 heavy (non-hydrogen) atoms. The van der Waals surface area contributed by atoms with Gasteiger partial charge in [0.2, 0.25) is 0 Å². The van der Waals surface area contributed by atoms with Crippen LogP contribution in [0, 0.1) is 0 Å². The highest BCUT2D eigenvalue weighted by Gasteiger charge is 2.12. The van der Waals surface area contributed by atoms with Gasteiger partial charge in [-0.1, -0.05) is 11.6 Å². The van der Waals surface area contributed by atoms with Gasteiger partial charge in [-0.15, -0.1) is 0 Å². The van der Waals surface area contributed by atoms with E-state index in [1.54, 1.807) is 6.92 Å². The lowest BCUT2D eigenvalue weighted by molar-refractivity contribution is 0.168. The Kier molecular flexibility index (Phi) is 4.36. The van der Waals surface area contributed by atoms with E-state index in [9.17, 15) is 13.2 Å². The molecule has 1 aromatic rings. The van der Waals surface area contributed by atoms with Gasteiger partial charge in [-0.05, 0) is 25.1 Å². The van der Waals surface area contributed by atoms with Crippen molar-refractivity contribution >= 4 is 33.2 Å². The highest BCUT2D eigenvalue weighted by molar-refractivity contribution is 7.90. The van der Waals surface area contributed by atoms with Crippen LogP contribution in [0.3, 0.4) is 0 Å². The van der Waals surface area contributed by atoms with Crippen molar-refractivity contribution < 1.29 is 17.9 Å². The molecule has 0 atom stereocenters. The first-order chi connectivity index (χ1) is 7.84. The minimum absolute atomic E-state index is 0.0775. The molecule has 0 saturated carbocycles. The Morgan fingerprint density at radius 1 is 1.47 bits per heavy atom. The number of rotatable bonds is 3. The summed E-state index contributed by atoms with van der Waals surface area (Å²) in [5.41, 5.74) is 0.202. The van der Waals surface area contributed by atoms with Crippen molar-refractivity contribution in [2.75, 3.05) is 18.2 Å². The molecule has 0 heterocycles. The number of hydrogen-bond acceptors (Lipinski definition) is 4. The fourth-order valence-electron chi connectivity index (χ4n) is 1.11. The zero-order chi connectivity index (χ0) is 13.1. The van der Waals surface area contributed by atoms with E-state index in [0.29, 0.717) is 0 Å². The predicted molar refractivity (Wildman–Crippen MR) is 65.2 cm³/mol. The van der Waals surface area contributed by atoms with Gasteiger partial charge in [0.05, 0.1) is 22.2 Å². The maximum atomic E-state index is 11.3. The van der Waals surface area contributed by atoms with Crippen molar-refractivity contribution in [2.24, 2.45) is 0 Å². The molecule has 0 aliphatic heterocycles. The Balaban J connectivity index is 3.03. The normalized spacial score (nSPS) is 11.0.